The summed E-state index contributed by atoms with van der Waals surface area (Å²) in [6.45, 7) is 5.66. The molecule has 2 N–H and O–H groups in total. The van der Waals surface area contributed by atoms with E-state index in [1.807, 2.05) is 41.4 Å². The van der Waals surface area contributed by atoms with Gasteiger partial charge in [0, 0.05) is 37.1 Å². The summed E-state index contributed by atoms with van der Waals surface area (Å²) >= 11 is 0. The van der Waals surface area contributed by atoms with Gasteiger partial charge >= 0.3 is 0 Å². The van der Waals surface area contributed by atoms with E-state index in [1.54, 1.807) is 10.9 Å². The molecule has 0 radical (unpaired) electrons. The van der Waals surface area contributed by atoms with Gasteiger partial charge in [-0.1, -0.05) is 19.9 Å². The van der Waals surface area contributed by atoms with Gasteiger partial charge in [0.25, 0.3) is 5.91 Å². The molecule has 1 saturated heterocycles. The van der Waals surface area contributed by atoms with Crippen molar-refractivity contribution in [3.8, 4) is 5.69 Å². The zero-order valence-electron chi connectivity index (χ0n) is 13.5. The normalized spacial score (nSPS) is 20.0. The van der Waals surface area contributed by atoms with Crippen LogP contribution in [0.5, 0.6) is 0 Å². The Balaban J connectivity index is 0.00000192. The van der Waals surface area contributed by atoms with Crippen LogP contribution in [0.15, 0.2) is 42.7 Å². The van der Waals surface area contributed by atoms with Gasteiger partial charge in [0.15, 0.2) is 0 Å². The number of piperidine rings is 1. The maximum atomic E-state index is 12.8. The van der Waals surface area contributed by atoms with Gasteiger partial charge in [0.1, 0.15) is 0 Å². The summed E-state index contributed by atoms with van der Waals surface area (Å²) < 4.78 is 1.76. The van der Waals surface area contributed by atoms with Gasteiger partial charge in [0.2, 0.25) is 0 Å². The van der Waals surface area contributed by atoms with E-state index in [4.69, 9.17) is 5.73 Å². The van der Waals surface area contributed by atoms with Crippen molar-refractivity contribution in [2.75, 3.05) is 13.1 Å². The second-order valence-electron chi connectivity index (χ2n) is 6.61. The fourth-order valence-electron chi connectivity index (χ4n) is 2.93. The SMILES string of the molecule is CC1(C)CN(C(=O)c2cccc(-n3cccn3)c2)CCC1N.Cl. The molecular formula is C17H23ClN4O. The van der Waals surface area contributed by atoms with Gasteiger partial charge in [-0.15, -0.1) is 12.4 Å². The Morgan fingerprint density at radius 3 is 2.78 bits per heavy atom. The number of carbonyl (C=O) groups is 1. The number of nitrogens with zero attached hydrogens (tertiary/aromatic N) is 3. The fraction of sp³-hybridized carbons (Fsp3) is 0.412. The second kappa shape index (κ2) is 6.72. The lowest BCUT2D eigenvalue weighted by Crippen LogP contribution is -2.54. The van der Waals surface area contributed by atoms with Crippen molar-refractivity contribution < 1.29 is 4.79 Å². The number of halogens is 1. The molecule has 0 saturated carbocycles. The Bertz CT molecular complexity index is 669. The number of hydrogen-bond donors (Lipinski definition) is 1. The molecule has 2 aromatic rings. The Hall–Kier alpha value is -1.85. The highest BCUT2D eigenvalue weighted by molar-refractivity contribution is 5.94. The lowest BCUT2D eigenvalue weighted by molar-refractivity contribution is 0.0533. The number of likely N-dealkylation sites (tertiary alicyclic amines) is 1. The molecule has 2 heterocycles. The standard InChI is InChI=1S/C17H22N4O.ClH/c1-17(2)12-20(10-7-15(17)18)16(22)13-5-3-6-14(11-13)21-9-4-8-19-21;/h3-6,8-9,11,15H,7,10,12,18H2,1-2H3;1H. The first-order valence-electron chi connectivity index (χ1n) is 7.62. The first-order valence-corrected chi connectivity index (χ1v) is 7.62. The summed E-state index contributed by atoms with van der Waals surface area (Å²) in [7, 11) is 0. The van der Waals surface area contributed by atoms with Gasteiger partial charge in [-0.05, 0) is 36.1 Å². The van der Waals surface area contributed by atoms with E-state index in [-0.39, 0.29) is 29.8 Å². The molecule has 23 heavy (non-hydrogen) atoms. The molecule has 0 bridgehead atoms. The summed E-state index contributed by atoms with van der Waals surface area (Å²) in [6, 6.07) is 9.59. The fourth-order valence-corrected chi connectivity index (χ4v) is 2.93. The first-order chi connectivity index (χ1) is 10.5. The highest BCUT2D eigenvalue weighted by Gasteiger charge is 2.35. The number of hydrogen-bond acceptors (Lipinski definition) is 3. The van der Waals surface area contributed by atoms with Crippen molar-refractivity contribution in [1.29, 1.82) is 0 Å². The molecule has 1 aliphatic rings. The van der Waals surface area contributed by atoms with Crippen molar-refractivity contribution in [2.45, 2.75) is 26.3 Å². The van der Waals surface area contributed by atoms with E-state index in [2.05, 4.69) is 18.9 Å². The maximum absolute atomic E-state index is 12.8. The van der Waals surface area contributed by atoms with Crippen LogP contribution in [0.1, 0.15) is 30.6 Å². The third kappa shape index (κ3) is 3.57. The van der Waals surface area contributed by atoms with E-state index < -0.39 is 0 Å². The number of aromatic nitrogens is 2. The molecule has 6 heteroatoms. The largest absolute Gasteiger partial charge is 0.338 e. The average Bonchev–Trinajstić information content (AvgIpc) is 3.04. The summed E-state index contributed by atoms with van der Waals surface area (Å²) in [5.41, 5.74) is 7.69. The van der Waals surface area contributed by atoms with Crippen LogP contribution in [0.2, 0.25) is 0 Å². The van der Waals surface area contributed by atoms with Crippen LogP contribution >= 0.6 is 12.4 Å². The van der Waals surface area contributed by atoms with Crippen molar-refractivity contribution in [2.24, 2.45) is 11.1 Å². The lowest BCUT2D eigenvalue weighted by atomic mass is 9.79. The minimum absolute atomic E-state index is 0. The molecule has 5 nitrogen and oxygen atoms in total. The number of carbonyl (C=O) groups excluding carboxylic acids is 1. The molecule has 3 rings (SSSR count). The van der Waals surface area contributed by atoms with Crippen molar-refractivity contribution in [3.05, 3.63) is 48.3 Å². The maximum Gasteiger partial charge on any atom is 0.253 e. The Labute approximate surface area is 142 Å². The summed E-state index contributed by atoms with van der Waals surface area (Å²) in [4.78, 5) is 14.7. The van der Waals surface area contributed by atoms with E-state index in [0.717, 1.165) is 18.7 Å². The van der Waals surface area contributed by atoms with Crippen LogP contribution in [0.25, 0.3) is 5.69 Å². The summed E-state index contributed by atoms with van der Waals surface area (Å²) in [6.07, 6.45) is 4.44. The molecule has 0 spiro atoms. The molecular weight excluding hydrogens is 312 g/mol. The van der Waals surface area contributed by atoms with Crippen LogP contribution < -0.4 is 5.73 Å². The quantitative estimate of drug-likeness (QED) is 0.917. The third-order valence-electron chi connectivity index (χ3n) is 4.46. The predicted molar refractivity (Wildman–Crippen MR) is 93.1 cm³/mol. The molecule has 1 amide bonds. The molecule has 1 aromatic heterocycles. The summed E-state index contributed by atoms with van der Waals surface area (Å²) in [5, 5.41) is 4.21. The minimum atomic E-state index is -0.0481. The lowest BCUT2D eigenvalue weighted by Gasteiger charge is -2.42. The number of nitrogens with two attached hydrogens (primary N) is 1. The van der Waals surface area contributed by atoms with Gasteiger partial charge in [-0.2, -0.15) is 5.10 Å². The van der Waals surface area contributed by atoms with Crippen LogP contribution in [0.3, 0.4) is 0 Å². The van der Waals surface area contributed by atoms with E-state index in [1.165, 1.54) is 0 Å². The predicted octanol–water partition coefficient (Wildman–Crippen LogP) is 2.49. The molecule has 1 aromatic carbocycles. The zero-order valence-corrected chi connectivity index (χ0v) is 14.3. The third-order valence-corrected chi connectivity index (χ3v) is 4.46. The Morgan fingerprint density at radius 2 is 2.13 bits per heavy atom. The molecule has 1 fully saturated rings. The topological polar surface area (TPSA) is 64.2 Å². The van der Waals surface area contributed by atoms with Gasteiger partial charge in [-0.3, -0.25) is 4.79 Å². The molecule has 124 valence electrons. The number of amides is 1. The van der Waals surface area contributed by atoms with Crippen molar-refractivity contribution >= 4 is 18.3 Å². The van der Waals surface area contributed by atoms with E-state index in [0.29, 0.717) is 12.1 Å². The van der Waals surface area contributed by atoms with Crippen LogP contribution in [0, 0.1) is 5.41 Å². The summed E-state index contributed by atoms with van der Waals surface area (Å²) in [5.74, 6) is 0.0639. The van der Waals surface area contributed by atoms with E-state index in [9.17, 15) is 4.79 Å². The molecule has 1 atom stereocenters. The first kappa shape index (κ1) is 17.5. The van der Waals surface area contributed by atoms with Crippen molar-refractivity contribution in [3.63, 3.8) is 0 Å². The van der Waals surface area contributed by atoms with Crippen molar-refractivity contribution in [1.82, 2.24) is 14.7 Å². The van der Waals surface area contributed by atoms with Crippen LogP contribution in [0.4, 0.5) is 0 Å². The van der Waals surface area contributed by atoms with Gasteiger partial charge in [-0.25, -0.2) is 4.68 Å². The number of rotatable bonds is 2. The zero-order chi connectivity index (χ0) is 15.7. The smallest absolute Gasteiger partial charge is 0.253 e. The molecule has 1 unspecified atom stereocenters. The minimum Gasteiger partial charge on any atom is -0.338 e. The average molecular weight is 335 g/mol. The Morgan fingerprint density at radius 1 is 1.35 bits per heavy atom. The molecule has 0 aliphatic carbocycles. The van der Waals surface area contributed by atoms with Gasteiger partial charge < -0.3 is 10.6 Å². The monoisotopic (exact) mass is 334 g/mol. The molecule has 1 aliphatic heterocycles. The van der Waals surface area contributed by atoms with Gasteiger partial charge in [0.05, 0.1) is 5.69 Å². The highest BCUT2D eigenvalue weighted by Crippen LogP contribution is 2.28. The van der Waals surface area contributed by atoms with E-state index >= 15 is 0 Å². The second-order valence-corrected chi connectivity index (χ2v) is 6.61. The van der Waals surface area contributed by atoms with Crippen LogP contribution in [-0.4, -0.2) is 39.7 Å². The number of benzene rings is 1. The Kier molecular flexibility index (Phi) is 5.12. The van der Waals surface area contributed by atoms with Crippen LogP contribution in [-0.2, 0) is 0 Å². The highest BCUT2D eigenvalue weighted by atomic mass is 35.5.